The van der Waals surface area contributed by atoms with Gasteiger partial charge in [-0.2, -0.15) is 0 Å². The average molecular weight is 607 g/mol. The van der Waals surface area contributed by atoms with E-state index in [1.807, 2.05) is 34.6 Å². The second-order valence-corrected chi connectivity index (χ2v) is 13.9. The molecule has 1 heterocycles. The van der Waals surface area contributed by atoms with Gasteiger partial charge >= 0.3 is 6.03 Å². The van der Waals surface area contributed by atoms with Gasteiger partial charge in [-0.15, -0.1) is 0 Å². The molecule has 2 aliphatic rings. The first kappa shape index (κ1) is 35.3. The van der Waals surface area contributed by atoms with Crippen molar-refractivity contribution in [1.82, 2.24) is 20.9 Å². The van der Waals surface area contributed by atoms with Crippen LogP contribution in [0.15, 0.2) is 12.0 Å². The van der Waals surface area contributed by atoms with Crippen molar-refractivity contribution in [2.75, 3.05) is 6.54 Å². The molecule has 4 unspecified atom stereocenters. The zero-order valence-corrected chi connectivity index (χ0v) is 26.7. The second-order valence-electron chi connectivity index (χ2n) is 12.9. The molecule has 0 radical (unpaired) electrons. The van der Waals surface area contributed by atoms with Gasteiger partial charge in [0.1, 0.15) is 12.1 Å². The molecule has 11 nitrogen and oxygen atoms in total. The van der Waals surface area contributed by atoms with Crippen LogP contribution in [-0.2, 0) is 19.2 Å². The van der Waals surface area contributed by atoms with Crippen LogP contribution >= 0.6 is 11.8 Å². The molecule has 0 aromatic rings. The van der Waals surface area contributed by atoms with Crippen molar-refractivity contribution in [1.29, 1.82) is 5.41 Å². The summed E-state index contributed by atoms with van der Waals surface area (Å²) in [7, 11) is 0. The lowest BCUT2D eigenvalue weighted by Crippen LogP contribution is -2.62. The lowest BCUT2D eigenvalue weighted by molar-refractivity contribution is -0.143. The van der Waals surface area contributed by atoms with E-state index in [1.54, 1.807) is 5.41 Å². The number of primary amides is 1. The zero-order valence-electron chi connectivity index (χ0n) is 25.8. The molecule has 0 aromatic heterocycles. The molecule has 0 bridgehead atoms. The first-order valence-electron chi connectivity index (χ1n) is 15.0. The highest BCUT2D eigenvalue weighted by Crippen LogP contribution is 2.33. The summed E-state index contributed by atoms with van der Waals surface area (Å²) >= 11 is 1.24. The van der Waals surface area contributed by atoms with Gasteiger partial charge in [0.05, 0.1) is 11.1 Å². The Kier molecular flexibility index (Phi) is 13.1. The largest absolute Gasteiger partial charge is 0.363 e. The highest BCUT2D eigenvalue weighted by atomic mass is 32.2. The number of nitrogens with one attached hydrogen (secondary N) is 4. The lowest BCUT2D eigenvalue weighted by Gasteiger charge is -2.40. The monoisotopic (exact) mass is 606 g/mol. The van der Waals surface area contributed by atoms with Crippen molar-refractivity contribution < 1.29 is 24.0 Å². The number of carbonyl (C=O) groups is 5. The van der Waals surface area contributed by atoms with Crippen LogP contribution in [0.2, 0.25) is 0 Å². The third kappa shape index (κ3) is 9.84. The SMILES string of the molecule is C=CSC(=N)CC1(NC(=O)NC(C(=O)N2CCCC2C(=O)NC(CC(C)CC)C(=O)C(N)=O)C(C)(C)C)CCCCC1. The Morgan fingerprint density at radius 3 is 2.31 bits per heavy atom. The van der Waals surface area contributed by atoms with Gasteiger partial charge in [-0.25, -0.2) is 4.79 Å². The quantitative estimate of drug-likeness (QED) is 0.122. The Morgan fingerprint density at radius 2 is 1.76 bits per heavy atom. The molecule has 0 spiro atoms. The van der Waals surface area contributed by atoms with Gasteiger partial charge in [-0.1, -0.05) is 78.6 Å². The van der Waals surface area contributed by atoms with Crippen LogP contribution in [-0.4, -0.2) is 69.7 Å². The van der Waals surface area contributed by atoms with Crippen LogP contribution in [0.1, 0.15) is 98.8 Å². The van der Waals surface area contributed by atoms with E-state index in [2.05, 4.69) is 22.5 Å². The minimum absolute atomic E-state index is 0.0689. The van der Waals surface area contributed by atoms with Crippen molar-refractivity contribution in [3.63, 3.8) is 0 Å². The van der Waals surface area contributed by atoms with Crippen LogP contribution < -0.4 is 21.7 Å². The fraction of sp³-hybridized carbons (Fsp3) is 0.733. The molecule has 2 rings (SSSR count). The number of likely N-dealkylation sites (tertiary alicyclic amines) is 1. The number of hydrogen-bond donors (Lipinski definition) is 5. The number of ketones is 1. The van der Waals surface area contributed by atoms with Gasteiger partial charge in [0.2, 0.25) is 17.6 Å². The first-order valence-corrected chi connectivity index (χ1v) is 15.9. The number of rotatable bonds is 13. The maximum absolute atomic E-state index is 13.9. The van der Waals surface area contributed by atoms with Crippen molar-refractivity contribution in [2.24, 2.45) is 17.1 Å². The molecule has 2 fully saturated rings. The minimum atomic E-state index is -1.11. The Balaban J connectivity index is 2.21. The molecule has 6 N–H and O–H groups in total. The molecule has 12 heteroatoms. The zero-order chi connectivity index (χ0) is 31.7. The Morgan fingerprint density at radius 1 is 1.12 bits per heavy atom. The van der Waals surface area contributed by atoms with Crippen molar-refractivity contribution in [2.45, 2.75) is 122 Å². The van der Waals surface area contributed by atoms with E-state index in [4.69, 9.17) is 11.1 Å². The smallest absolute Gasteiger partial charge is 0.315 e. The molecule has 5 amide bonds. The van der Waals surface area contributed by atoms with Gasteiger partial charge in [0.15, 0.2) is 0 Å². The molecular weight excluding hydrogens is 556 g/mol. The van der Waals surface area contributed by atoms with Gasteiger partial charge in [0.25, 0.3) is 5.91 Å². The predicted octanol–water partition coefficient (Wildman–Crippen LogP) is 3.61. The maximum atomic E-state index is 13.9. The fourth-order valence-electron chi connectivity index (χ4n) is 5.79. The highest BCUT2D eigenvalue weighted by Gasteiger charge is 2.44. The summed E-state index contributed by atoms with van der Waals surface area (Å²) in [6.07, 6.45) is 6.81. The summed E-state index contributed by atoms with van der Waals surface area (Å²) in [4.78, 5) is 66.3. The van der Waals surface area contributed by atoms with Gasteiger partial charge in [-0.3, -0.25) is 24.6 Å². The fourth-order valence-corrected chi connectivity index (χ4v) is 6.35. The Labute approximate surface area is 254 Å². The maximum Gasteiger partial charge on any atom is 0.315 e. The van der Waals surface area contributed by atoms with Crippen molar-refractivity contribution in [3.05, 3.63) is 12.0 Å². The van der Waals surface area contributed by atoms with E-state index in [0.29, 0.717) is 30.9 Å². The highest BCUT2D eigenvalue weighted by molar-refractivity contribution is 8.16. The lowest BCUT2D eigenvalue weighted by atomic mass is 9.79. The molecular formula is C30H50N6O5S. The Hall–Kier alpha value is -2.89. The summed E-state index contributed by atoms with van der Waals surface area (Å²) in [6.45, 7) is 13.4. The van der Waals surface area contributed by atoms with E-state index < -0.39 is 52.7 Å². The number of hydrogen-bond acceptors (Lipinski definition) is 7. The van der Waals surface area contributed by atoms with Crippen molar-refractivity contribution >= 4 is 46.3 Å². The molecule has 42 heavy (non-hydrogen) atoms. The molecule has 1 aliphatic carbocycles. The van der Waals surface area contributed by atoms with Crippen molar-refractivity contribution in [3.8, 4) is 0 Å². The summed E-state index contributed by atoms with van der Waals surface area (Å²) in [5.74, 6) is -2.80. The summed E-state index contributed by atoms with van der Waals surface area (Å²) in [6, 6.07) is -3.32. The van der Waals surface area contributed by atoms with E-state index in [0.717, 1.165) is 38.5 Å². The summed E-state index contributed by atoms with van der Waals surface area (Å²) < 4.78 is 0. The average Bonchev–Trinajstić information content (AvgIpc) is 3.40. The van der Waals surface area contributed by atoms with E-state index in [1.165, 1.54) is 16.7 Å². The van der Waals surface area contributed by atoms with Gasteiger partial charge in [0, 0.05) is 18.5 Å². The van der Waals surface area contributed by atoms with E-state index in [-0.39, 0.29) is 18.2 Å². The van der Waals surface area contributed by atoms with E-state index in [9.17, 15) is 24.0 Å². The van der Waals surface area contributed by atoms with Crippen LogP contribution in [0.4, 0.5) is 4.79 Å². The molecule has 1 saturated heterocycles. The van der Waals surface area contributed by atoms with Gasteiger partial charge in [-0.05, 0) is 48.8 Å². The van der Waals surface area contributed by atoms with Crippen LogP contribution in [0.3, 0.4) is 0 Å². The Bertz CT molecular complexity index is 1040. The number of carbonyl (C=O) groups excluding carboxylic acids is 5. The normalized spacial score (nSPS) is 20.5. The third-order valence-corrected chi connectivity index (χ3v) is 8.95. The molecule has 236 valence electrons. The van der Waals surface area contributed by atoms with E-state index >= 15 is 0 Å². The predicted molar refractivity (Wildman–Crippen MR) is 166 cm³/mol. The van der Waals surface area contributed by atoms with Crippen LogP contribution in [0, 0.1) is 16.7 Å². The number of urea groups is 1. The number of nitrogens with two attached hydrogens (primary N) is 1. The molecule has 0 aromatic carbocycles. The van der Waals surface area contributed by atoms with Crippen LogP contribution in [0.25, 0.3) is 0 Å². The van der Waals surface area contributed by atoms with Crippen LogP contribution in [0.5, 0.6) is 0 Å². The standard InChI is InChI=1S/C30H50N6O5S/c1-7-19(3)17-20(23(37)25(32)38)33-26(39)21-13-12-16-36(21)27(40)24(29(4,5)6)34-28(41)35-30(14-10-9-11-15-30)18-22(31)42-8-2/h8,19-21,24,31H,2,7,9-18H2,1,3-6H3,(H2,32,38)(H,33,39)(H2,34,35,41). The number of thioether (sulfide) groups is 1. The summed E-state index contributed by atoms with van der Waals surface area (Å²) in [5.41, 5.74) is 3.99. The first-order chi connectivity index (χ1) is 19.6. The second kappa shape index (κ2) is 15.5. The van der Waals surface area contributed by atoms with Gasteiger partial charge < -0.3 is 26.6 Å². The third-order valence-electron chi connectivity index (χ3n) is 8.35. The number of nitrogens with zero attached hydrogens (tertiary/aromatic N) is 1. The molecule has 1 saturated carbocycles. The molecule has 1 aliphatic heterocycles. The summed E-state index contributed by atoms with van der Waals surface area (Å²) in [5, 5.41) is 19.0. The topological polar surface area (TPSA) is 175 Å². The number of amides is 5. The molecule has 4 atom stereocenters. The number of Topliss-reactive ketones (excluding diaryl/α,β-unsaturated/α-hetero) is 1. The minimum Gasteiger partial charge on any atom is -0.363 e.